The first-order valence-electron chi connectivity index (χ1n) is 6.52. The van der Waals surface area contributed by atoms with Gasteiger partial charge in [-0.15, -0.1) is 0 Å². The van der Waals surface area contributed by atoms with Gasteiger partial charge in [-0.2, -0.15) is 0 Å². The molecule has 1 unspecified atom stereocenters. The largest absolute Gasteiger partial charge is 0.496 e. The Labute approximate surface area is 109 Å². The summed E-state index contributed by atoms with van der Waals surface area (Å²) in [6.45, 7) is 5.46. The van der Waals surface area contributed by atoms with E-state index in [1.54, 1.807) is 7.11 Å². The van der Waals surface area contributed by atoms with Crippen LogP contribution in [0.4, 0.5) is 0 Å². The highest BCUT2D eigenvalue weighted by Gasteiger charge is 2.42. The van der Waals surface area contributed by atoms with E-state index in [2.05, 4.69) is 25.2 Å². The summed E-state index contributed by atoms with van der Waals surface area (Å²) in [6, 6.07) is 8.04. The number of hydrogen-bond donors (Lipinski definition) is 2. The number of nitrogens with one attached hydrogen (secondary N) is 1. The molecule has 100 valence electrons. The van der Waals surface area contributed by atoms with Crippen LogP contribution in [-0.4, -0.2) is 30.9 Å². The molecule has 1 aliphatic rings. The number of methoxy groups -OCH3 is 1. The van der Waals surface area contributed by atoms with Crippen molar-refractivity contribution in [2.24, 2.45) is 0 Å². The van der Waals surface area contributed by atoms with Gasteiger partial charge in [0.25, 0.3) is 0 Å². The van der Waals surface area contributed by atoms with Gasteiger partial charge in [-0.3, -0.25) is 0 Å². The van der Waals surface area contributed by atoms with Gasteiger partial charge in [-0.25, -0.2) is 0 Å². The monoisotopic (exact) mass is 249 g/mol. The minimum atomic E-state index is -0.193. The zero-order chi connectivity index (χ0) is 13.2. The van der Waals surface area contributed by atoms with Crippen LogP contribution in [0.3, 0.4) is 0 Å². The average molecular weight is 249 g/mol. The van der Waals surface area contributed by atoms with E-state index in [-0.39, 0.29) is 17.6 Å². The Kier molecular flexibility index (Phi) is 3.64. The van der Waals surface area contributed by atoms with Gasteiger partial charge in [-0.1, -0.05) is 18.2 Å². The molecule has 0 bridgehead atoms. The average Bonchev–Trinajstić information content (AvgIpc) is 2.37. The van der Waals surface area contributed by atoms with Crippen LogP contribution >= 0.6 is 0 Å². The maximum Gasteiger partial charge on any atom is 0.122 e. The number of para-hydroxylation sites is 1. The standard InChI is InChI=1S/C15H23NO2/c1-14(2)10-15(11-17,8-9-16-14)12-6-4-5-7-13(12)18-3/h4-7,16-17H,8-11H2,1-3H3. The van der Waals surface area contributed by atoms with Crippen LogP contribution in [0.5, 0.6) is 5.75 Å². The van der Waals surface area contributed by atoms with Crippen molar-refractivity contribution in [3.8, 4) is 5.75 Å². The van der Waals surface area contributed by atoms with Crippen molar-refractivity contribution in [1.29, 1.82) is 0 Å². The predicted molar refractivity (Wildman–Crippen MR) is 73.1 cm³/mol. The number of aliphatic hydroxyl groups is 1. The van der Waals surface area contributed by atoms with Gasteiger partial charge in [-0.05, 0) is 39.3 Å². The zero-order valence-corrected chi connectivity index (χ0v) is 11.5. The van der Waals surface area contributed by atoms with E-state index >= 15 is 0 Å². The minimum Gasteiger partial charge on any atom is -0.496 e. The molecule has 1 aromatic rings. The van der Waals surface area contributed by atoms with Gasteiger partial charge in [0.1, 0.15) is 5.75 Å². The molecule has 1 aromatic carbocycles. The SMILES string of the molecule is COc1ccccc1C1(CO)CCNC(C)(C)C1. The molecule has 0 aliphatic carbocycles. The number of ether oxygens (including phenoxy) is 1. The molecule has 1 fully saturated rings. The number of piperidine rings is 1. The van der Waals surface area contributed by atoms with Crippen molar-refractivity contribution in [2.45, 2.75) is 37.6 Å². The molecular weight excluding hydrogens is 226 g/mol. The molecule has 3 heteroatoms. The molecule has 0 spiro atoms. The topological polar surface area (TPSA) is 41.5 Å². The van der Waals surface area contributed by atoms with Crippen LogP contribution < -0.4 is 10.1 Å². The van der Waals surface area contributed by atoms with E-state index in [9.17, 15) is 5.11 Å². The fraction of sp³-hybridized carbons (Fsp3) is 0.600. The second kappa shape index (κ2) is 4.90. The first-order chi connectivity index (χ1) is 8.53. The minimum absolute atomic E-state index is 0.0435. The second-order valence-electron chi connectivity index (χ2n) is 5.88. The maximum absolute atomic E-state index is 9.96. The summed E-state index contributed by atoms with van der Waals surface area (Å²) < 4.78 is 5.46. The lowest BCUT2D eigenvalue weighted by Gasteiger charge is -2.45. The fourth-order valence-corrected chi connectivity index (χ4v) is 3.17. The Morgan fingerprint density at radius 2 is 2.06 bits per heavy atom. The van der Waals surface area contributed by atoms with Gasteiger partial charge in [0.2, 0.25) is 0 Å². The van der Waals surface area contributed by atoms with E-state index in [0.717, 1.165) is 30.7 Å². The lowest BCUT2D eigenvalue weighted by atomic mass is 9.67. The number of rotatable bonds is 3. The summed E-state index contributed by atoms with van der Waals surface area (Å²) in [6.07, 6.45) is 1.85. The first-order valence-corrected chi connectivity index (χ1v) is 6.52. The molecule has 0 saturated carbocycles. The molecule has 1 saturated heterocycles. The Morgan fingerprint density at radius 3 is 2.67 bits per heavy atom. The van der Waals surface area contributed by atoms with Gasteiger partial charge in [0.15, 0.2) is 0 Å². The molecule has 18 heavy (non-hydrogen) atoms. The second-order valence-corrected chi connectivity index (χ2v) is 5.88. The van der Waals surface area contributed by atoms with Gasteiger partial charge < -0.3 is 15.2 Å². The van der Waals surface area contributed by atoms with Crippen molar-refractivity contribution in [3.05, 3.63) is 29.8 Å². The van der Waals surface area contributed by atoms with E-state index in [0.29, 0.717) is 0 Å². The predicted octanol–water partition coefficient (Wildman–Crippen LogP) is 2.09. The molecule has 3 nitrogen and oxygen atoms in total. The molecule has 1 aliphatic heterocycles. The quantitative estimate of drug-likeness (QED) is 0.862. The molecule has 0 aromatic heterocycles. The zero-order valence-electron chi connectivity index (χ0n) is 11.5. The summed E-state index contributed by atoms with van der Waals surface area (Å²) in [4.78, 5) is 0. The molecule has 2 rings (SSSR count). The van der Waals surface area contributed by atoms with E-state index in [4.69, 9.17) is 4.74 Å². The Morgan fingerprint density at radius 1 is 1.33 bits per heavy atom. The van der Waals surface area contributed by atoms with Crippen molar-refractivity contribution in [1.82, 2.24) is 5.32 Å². The summed E-state index contributed by atoms with van der Waals surface area (Å²) in [5.41, 5.74) is 0.980. The lowest BCUT2D eigenvalue weighted by Crippen LogP contribution is -2.54. The maximum atomic E-state index is 9.96. The third kappa shape index (κ3) is 2.38. The lowest BCUT2D eigenvalue weighted by molar-refractivity contribution is 0.110. The third-order valence-electron chi connectivity index (χ3n) is 3.97. The molecule has 1 atom stereocenters. The van der Waals surface area contributed by atoms with E-state index in [1.807, 2.05) is 18.2 Å². The van der Waals surface area contributed by atoms with Crippen molar-refractivity contribution < 1.29 is 9.84 Å². The summed E-state index contributed by atoms with van der Waals surface area (Å²) in [5, 5.41) is 13.5. The molecule has 2 N–H and O–H groups in total. The van der Waals surface area contributed by atoms with Gasteiger partial charge >= 0.3 is 0 Å². The molecule has 0 amide bonds. The first kappa shape index (κ1) is 13.4. The number of hydrogen-bond acceptors (Lipinski definition) is 3. The highest BCUT2D eigenvalue weighted by atomic mass is 16.5. The summed E-state index contributed by atoms with van der Waals surface area (Å²) in [7, 11) is 1.69. The summed E-state index contributed by atoms with van der Waals surface area (Å²) in [5.74, 6) is 0.879. The fourth-order valence-electron chi connectivity index (χ4n) is 3.17. The van der Waals surface area contributed by atoms with Crippen LogP contribution in [0.1, 0.15) is 32.3 Å². The van der Waals surface area contributed by atoms with Crippen LogP contribution in [0.15, 0.2) is 24.3 Å². The molecule has 1 heterocycles. The molecule has 0 radical (unpaired) electrons. The number of benzene rings is 1. The van der Waals surface area contributed by atoms with Crippen LogP contribution in [0.2, 0.25) is 0 Å². The van der Waals surface area contributed by atoms with Crippen molar-refractivity contribution in [3.63, 3.8) is 0 Å². The highest BCUT2D eigenvalue weighted by Crippen LogP contribution is 2.42. The number of aliphatic hydroxyl groups excluding tert-OH is 1. The summed E-state index contributed by atoms with van der Waals surface area (Å²) >= 11 is 0. The third-order valence-corrected chi connectivity index (χ3v) is 3.97. The highest BCUT2D eigenvalue weighted by molar-refractivity contribution is 5.40. The Bertz CT molecular complexity index is 417. The Balaban J connectivity index is 2.43. The van der Waals surface area contributed by atoms with Gasteiger partial charge in [0.05, 0.1) is 13.7 Å². The smallest absolute Gasteiger partial charge is 0.122 e. The van der Waals surface area contributed by atoms with Gasteiger partial charge in [0, 0.05) is 16.5 Å². The van der Waals surface area contributed by atoms with Crippen LogP contribution in [0, 0.1) is 0 Å². The van der Waals surface area contributed by atoms with E-state index < -0.39 is 0 Å². The van der Waals surface area contributed by atoms with E-state index in [1.165, 1.54) is 0 Å². The van der Waals surface area contributed by atoms with Crippen LogP contribution in [0.25, 0.3) is 0 Å². The normalized spacial score (nSPS) is 26.9. The van der Waals surface area contributed by atoms with Crippen LogP contribution in [-0.2, 0) is 5.41 Å². The van der Waals surface area contributed by atoms with Crippen molar-refractivity contribution >= 4 is 0 Å². The molecular formula is C15H23NO2. The van der Waals surface area contributed by atoms with Crippen molar-refractivity contribution in [2.75, 3.05) is 20.3 Å². The Hall–Kier alpha value is -1.06.